The number of allylic oxidation sites excluding steroid dienone is 1. The molecule has 3 aromatic carbocycles. The van der Waals surface area contributed by atoms with E-state index in [1.54, 1.807) is 36.4 Å². The van der Waals surface area contributed by atoms with Gasteiger partial charge in [-0.15, -0.1) is 0 Å². The zero-order valence-electron chi connectivity index (χ0n) is 16.8. The molecule has 3 aromatic rings. The maximum Gasteiger partial charge on any atom is 0.294 e. The van der Waals surface area contributed by atoms with Gasteiger partial charge >= 0.3 is 0 Å². The van der Waals surface area contributed by atoms with E-state index < -0.39 is 23.5 Å². The van der Waals surface area contributed by atoms with Gasteiger partial charge in [-0.2, -0.15) is 0 Å². The van der Waals surface area contributed by atoms with Gasteiger partial charge in [0.25, 0.3) is 5.91 Å². The lowest BCUT2D eigenvalue weighted by Crippen LogP contribution is -2.30. The molecule has 4 rings (SSSR count). The topological polar surface area (TPSA) is 57.6 Å². The minimum atomic E-state index is -0.764. The Hall–Kier alpha value is -3.63. The Kier molecular flexibility index (Phi) is 5.74. The summed E-state index contributed by atoms with van der Waals surface area (Å²) in [4.78, 5) is 27.7. The van der Waals surface area contributed by atoms with Crippen molar-refractivity contribution in [2.45, 2.75) is 13.0 Å². The number of benzene rings is 3. The van der Waals surface area contributed by atoms with Crippen molar-refractivity contribution in [3.63, 3.8) is 0 Å². The summed E-state index contributed by atoms with van der Waals surface area (Å²) < 4.78 is 0. The number of aryl methyl sites for hydroxylation is 1. The zero-order valence-corrected chi connectivity index (χ0v) is 17.6. The fourth-order valence-electron chi connectivity index (χ4n) is 3.69. The van der Waals surface area contributed by atoms with Crippen LogP contribution in [-0.4, -0.2) is 16.8 Å². The van der Waals surface area contributed by atoms with Crippen molar-refractivity contribution in [2.75, 3.05) is 4.90 Å². The molecule has 0 aromatic heterocycles. The molecule has 4 nitrogen and oxygen atoms in total. The highest BCUT2D eigenvalue weighted by molar-refractivity contribution is 6.30. The molecule has 0 aliphatic carbocycles. The molecule has 1 aliphatic heterocycles. The summed E-state index contributed by atoms with van der Waals surface area (Å²) in [7, 11) is 0. The fourth-order valence-corrected chi connectivity index (χ4v) is 3.81. The molecule has 1 atom stereocenters. The molecule has 0 saturated carbocycles. The lowest BCUT2D eigenvalue weighted by molar-refractivity contribution is -0.117. The summed E-state index contributed by atoms with van der Waals surface area (Å²) in [6.07, 6.45) is 3.05. The van der Waals surface area contributed by atoms with Crippen LogP contribution < -0.4 is 4.90 Å². The van der Waals surface area contributed by atoms with E-state index in [0.29, 0.717) is 16.3 Å². The van der Waals surface area contributed by atoms with Crippen molar-refractivity contribution >= 4 is 35.1 Å². The maximum atomic E-state index is 13.2. The molecule has 0 fully saturated rings. The minimum Gasteiger partial charge on any atom is -0.503 e. The molecule has 1 aliphatic rings. The highest BCUT2D eigenvalue weighted by Gasteiger charge is 2.43. The summed E-state index contributed by atoms with van der Waals surface area (Å²) in [5.41, 5.74) is 3.13. The Bertz CT molecular complexity index is 1200. The van der Waals surface area contributed by atoms with Gasteiger partial charge in [0.05, 0.1) is 11.6 Å². The maximum absolute atomic E-state index is 13.2. The van der Waals surface area contributed by atoms with Crippen LogP contribution >= 0.6 is 11.6 Å². The number of ketones is 1. The van der Waals surface area contributed by atoms with Crippen LogP contribution in [0, 0.1) is 6.92 Å². The van der Waals surface area contributed by atoms with E-state index in [1.807, 2.05) is 55.5 Å². The van der Waals surface area contributed by atoms with E-state index in [4.69, 9.17) is 11.6 Å². The molecular formula is C26H20ClNO3. The monoisotopic (exact) mass is 429 g/mol. The lowest BCUT2D eigenvalue weighted by atomic mass is 9.95. The number of carbonyl (C=O) groups is 2. The number of aliphatic hydroxyl groups is 1. The second kappa shape index (κ2) is 8.62. The Morgan fingerprint density at radius 1 is 1.00 bits per heavy atom. The number of hydrogen-bond donors (Lipinski definition) is 1. The van der Waals surface area contributed by atoms with E-state index >= 15 is 0 Å². The summed E-state index contributed by atoms with van der Waals surface area (Å²) >= 11 is 6.05. The summed E-state index contributed by atoms with van der Waals surface area (Å²) in [6, 6.07) is 22.9. The Morgan fingerprint density at radius 3 is 2.39 bits per heavy atom. The number of aliphatic hydroxyl groups excluding tert-OH is 1. The average molecular weight is 430 g/mol. The molecule has 1 heterocycles. The van der Waals surface area contributed by atoms with E-state index in [1.165, 1.54) is 11.0 Å². The van der Waals surface area contributed by atoms with Gasteiger partial charge in [-0.05, 0) is 54.0 Å². The highest BCUT2D eigenvalue weighted by atomic mass is 35.5. The number of anilines is 1. The number of amides is 1. The van der Waals surface area contributed by atoms with Gasteiger partial charge in [-0.25, -0.2) is 0 Å². The number of carbonyl (C=O) groups excluding carboxylic acids is 2. The van der Waals surface area contributed by atoms with Gasteiger partial charge in [0.15, 0.2) is 11.5 Å². The lowest BCUT2D eigenvalue weighted by Gasteiger charge is -2.27. The van der Waals surface area contributed by atoms with Crippen molar-refractivity contribution in [1.29, 1.82) is 0 Å². The predicted molar refractivity (Wildman–Crippen MR) is 123 cm³/mol. The first-order valence-electron chi connectivity index (χ1n) is 9.82. The summed E-state index contributed by atoms with van der Waals surface area (Å²) in [5, 5.41) is 11.3. The zero-order chi connectivity index (χ0) is 22.0. The first kappa shape index (κ1) is 20.6. The fraction of sp³-hybridized carbons (Fsp3) is 0.0769. The normalized spacial score (nSPS) is 16.4. The van der Waals surface area contributed by atoms with E-state index in [-0.39, 0.29) is 5.57 Å². The molecule has 1 unspecified atom stereocenters. The third kappa shape index (κ3) is 4.16. The van der Waals surface area contributed by atoms with Gasteiger partial charge in [-0.3, -0.25) is 14.5 Å². The molecule has 154 valence electrons. The van der Waals surface area contributed by atoms with Gasteiger partial charge in [0.1, 0.15) is 0 Å². The van der Waals surface area contributed by atoms with Crippen molar-refractivity contribution in [1.82, 2.24) is 0 Å². The number of halogens is 1. The molecule has 1 N–H and O–H groups in total. The molecule has 0 saturated heterocycles. The van der Waals surface area contributed by atoms with Crippen LogP contribution in [0.2, 0.25) is 5.02 Å². The third-order valence-corrected chi connectivity index (χ3v) is 5.42. The number of hydrogen-bond acceptors (Lipinski definition) is 3. The first-order chi connectivity index (χ1) is 15.0. The first-order valence-corrected chi connectivity index (χ1v) is 10.2. The highest BCUT2D eigenvalue weighted by Crippen LogP contribution is 2.41. The second-order valence-corrected chi connectivity index (χ2v) is 7.78. The van der Waals surface area contributed by atoms with Gasteiger partial charge < -0.3 is 5.11 Å². The number of nitrogens with zero attached hydrogens (tertiary/aromatic N) is 1. The summed E-state index contributed by atoms with van der Waals surface area (Å²) in [5.74, 6) is -1.57. The third-order valence-electron chi connectivity index (χ3n) is 5.17. The Morgan fingerprint density at radius 2 is 1.71 bits per heavy atom. The van der Waals surface area contributed by atoms with Gasteiger partial charge in [-0.1, -0.05) is 72.3 Å². The largest absolute Gasteiger partial charge is 0.503 e. The SMILES string of the molecule is Cc1cccc(N2C(=O)C(O)=C(C(=O)C=Cc3ccccc3)C2c2ccc(Cl)cc2)c1. The Balaban J connectivity index is 1.79. The van der Waals surface area contributed by atoms with Crippen LogP contribution in [0.3, 0.4) is 0 Å². The standard InChI is InChI=1S/C26H20ClNO3/c1-17-6-5-9-21(16-17)28-24(19-11-13-20(27)14-12-19)23(25(30)26(28)31)22(29)15-10-18-7-3-2-4-8-18/h2-16,24,30H,1H3. The summed E-state index contributed by atoms with van der Waals surface area (Å²) in [6.45, 7) is 1.92. The van der Waals surface area contributed by atoms with Crippen molar-refractivity contribution in [2.24, 2.45) is 0 Å². The molecule has 5 heteroatoms. The quantitative estimate of drug-likeness (QED) is 0.519. The minimum absolute atomic E-state index is 0.0426. The predicted octanol–water partition coefficient (Wildman–Crippen LogP) is 5.83. The van der Waals surface area contributed by atoms with Crippen molar-refractivity contribution in [3.05, 3.63) is 118 Å². The van der Waals surface area contributed by atoms with Crippen LogP contribution in [0.5, 0.6) is 0 Å². The van der Waals surface area contributed by atoms with Gasteiger partial charge in [0, 0.05) is 10.7 Å². The molecular weight excluding hydrogens is 410 g/mol. The molecule has 31 heavy (non-hydrogen) atoms. The Labute approximate surface area is 185 Å². The van der Waals surface area contributed by atoms with E-state index in [2.05, 4.69) is 0 Å². The average Bonchev–Trinajstić information content (AvgIpc) is 3.04. The van der Waals surface area contributed by atoms with E-state index in [9.17, 15) is 14.7 Å². The van der Waals surface area contributed by atoms with Crippen molar-refractivity contribution in [3.8, 4) is 0 Å². The number of rotatable bonds is 5. The molecule has 0 spiro atoms. The van der Waals surface area contributed by atoms with Crippen LogP contribution in [-0.2, 0) is 9.59 Å². The smallest absolute Gasteiger partial charge is 0.294 e. The molecule has 0 radical (unpaired) electrons. The molecule has 0 bridgehead atoms. The van der Waals surface area contributed by atoms with Crippen LogP contribution in [0.15, 0.2) is 96.3 Å². The van der Waals surface area contributed by atoms with Crippen LogP contribution in [0.4, 0.5) is 5.69 Å². The molecule has 1 amide bonds. The van der Waals surface area contributed by atoms with Crippen LogP contribution in [0.1, 0.15) is 22.7 Å². The van der Waals surface area contributed by atoms with Crippen molar-refractivity contribution < 1.29 is 14.7 Å². The van der Waals surface area contributed by atoms with E-state index in [0.717, 1.165) is 11.1 Å². The second-order valence-electron chi connectivity index (χ2n) is 7.34. The van der Waals surface area contributed by atoms with Gasteiger partial charge in [0.2, 0.25) is 0 Å². The van der Waals surface area contributed by atoms with Crippen LogP contribution in [0.25, 0.3) is 6.08 Å².